The Kier molecular flexibility index (Phi) is 10.4. The Bertz CT molecular complexity index is 1860. The molecular formula is C48H56. The second-order valence-corrected chi connectivity index (χ2v) is 14.8. The monoisotopic (exact) mass is 632 g/mol. The summed E-state index contributed by atoms with van der Waals surface area (Å²) in [6.45, 7) is 18.7. The molecule has 1 fully saturated rings. The van der Waals surface area contributed by atoms with Gasteiger partial charge >= 0.3 is 0 Å². The van der Waals surface area contributed by atoms with Crippen LogP contribution in [0, 0.1) is 11.8 Å². The third-order valence-corrected chi connectivity index (χ3v) is 11.6. The predicted octanol–water partition coefficient (Wildman–Crippen LogP) is 14.1. The highest BCUT2D eigenvalue weighted by Crippen LogP contribution is 2.60. The van der Waals surface area contributed by atoms with E-state index < -0.39 is 0 Å². The average Bonchev–Trinajstić information content (AvgIpc) is 3.92. The first-order chi connectivity index (χ1) is 23.3. The molecule has 0 bridgehead atoms. The Morgan fingerprint density at radius 1 is 0.792 bits per heavy atom. The van der Waals surface area contributed by atoms with E-state index in [9.17, 15) is 0 Å². The van der Waals surface area contributed by atoms with Crippen molar-refractivity contribution < 1.29 is 0 Å². The molecule has 4 aromatic carbocycles. The van der Waals surface area contributed by atoms with Crippen LogP contribution in [0.15, 0.2) is 108 Å². The smallest absolute Gasteiger partial charge is 0.00611 e. The van der Waals surface area contributed by atoms with Gasteiger partial charge in [-0.05, 0) is 149 Å². The molecule has 0 saturated heterocycles. The molecule has 2 aliphatic rings. The lowest BCUT2D eigenvalue weighted by molar-refractivity contribution is 0.659. The lowest BCUT2D eigenvalue weighted by atomic mass is 9.79. The summed E-state index contributed by atoms with van der Waals surface area (Å²) in [5.41, 5.74) is 20.1. The van der Waals surface area contributed by atoms with E-state index in [1.165, 1.54) is 91.6 Å². The van der Waals surface area contributed by atoms with Crippen molar-refractivity contribution in [2.24, 2.45) is 11.8 Å². The minimum absolute atomic E-state index is 0.572. The first-order valence-corrected chi connectivity index (χ1v) is 18.8. The average molecular weight is 633 g/mol. The van der Waals surface area contributed by atoms with Gasteiger partial charge in [-0.25, -0.2) is 0 Å². The van der Waals surface area contributed by atoms with Crippen LogP contribution in [0.1, 0.15) is 138 Å². The van der Waals surface area contributed by atoms with Gasteiger partial charge in [-0.15, -0.1) is 0 Å². The lowest BCUT2D eigenvalue weighted by Gasteiger charge is -2.25. The summed E-state index contributed by atoms with van der Waals surface area (Å²) in [4.78, 5) is 0. The summed E-state index contributed by atoms with van der Waals surface area (Å²) in [7, 11) is 0. The normalized spacial score (nSPS) is 19.0. The van der Waals surface area contributed by atoms with Gasteiger partial charge in [0.2, 0.25) is 0 Å². The van der Waals surface area contributed by atoms with Crippen molar-refractivity contribution in [1.82, 2.24) is 0 Å². The zero-order valence-electron chi connectivity index (χ0n) is 30.8. The second-order valence-electron chi connectivity index (χ2n) is 14.8. The summed E-state index contributed by atoms with van der Waals surface area (Å²) >= 11 is 0. The molecular weight excluding hydrogens is 577 g/mol. The highest BCUT2D eigenvalue weighted by Gasteiger charge is 2.45. The van der Waals surface area contributed by atoms with Crippen molar-refractivity contribution in [2.75, 3.05) is 0 Å². The maximum Gasteiger partial charge on any atom is -0.00611 e. The molecule has 2 aliphatic carbocycles. The molecule has 0 spiro atoms. The van der Waals surface area contributed by atoms with E-state index in [1.54, 1.807) is 5.57 Å². The summed E-state index contributed by atoms with van der Waals surface area (Å²) in [5, 5.41) is 0. The SMILES string of the molecule is CC/C=C(/c1ccc(-c2ccc3c(c2)C(c2ccccc2/C(C)=C(/C)Cc2ccccc2C(C)CCC)=C(C)C2CC32)cc1)[C@H](C)CC. The molecule has 0 heteroatoms. The summed E-state index contributed by atoms with van der Waals surface area (Å²) in [6, 6.07) is 35.0. The minimum atomic E-state index is 0.572. The third kappa shape index (κ3) is 6.69. The van der Waals surface area contributed by atoms with E-state index in [-0.39, 0.29) is 0 Å². The summed E-state index contributed by atoms with van der Waals surface area (Å²) < 4.78 is 0. The van der Waals surface area contributed by atoms with Crippen LogP contribution in [0.25, 0.3) is 27.8 Å². The Morgan fingerprint density at radius 3 is 2.23 bits per heavy atom. The molecule has 0 N–H and O–H groups in total. The number of rotatable bonds is 12. The molecule has 48 heavy (non-hydrogen) atoms. The van der Waals surface area contributed by atoms with Gasteiger partial charge in [-0.1, -0.05) is 143 Å². The predicted molar refractivity (Wildman–Crippen MR) is 210 cm³/mol. The van der Waals surface area contributed by atoms with Crippen LogP contribution < -0.4 is 0 Å². The maximum absolute atomic E-state index is 2.50. The van der Waals surface area contributed by atoms with Gasteiger partial charge < -0.3 is 0 Å². The molecule has 4 aromatic rings. The number of hydrogen-bond acceptors (Lipinski definition) is 0. The first-order valence-electron chi connectivity index (χ1n) is 18.8. The topological polar surface area (TPSA) is 0 Å². The molecule has 1 saturated carbocycles. The fraction of sp³-hybridized carbons (Fsp3) is 0.375. The van der Waals surface area contributed by atoms with Crippen molar-refractivity contribution in [2.45, 2.75) is 106 Å². The van der Waals surface area contributed by atoms with Crippen LogP contribution in [-0.2, 0) is 6.42 Å². The highest BCUT2D eigenvalue weighted by atomic mass is 14.5. The minimum Gasteiger partial charge on any atom is -0.0807 e. The van der Waals surface area contributed by atoms with E-state index in [4.69, 9.17) is 0 Å². The molecule has 0 amide bonds. The van der Waals surface area contributed by atoms with Gasteiger partial charge in [-0.3, -0.25) is 0 Å². The Hall–Kier alpha value is -3.90. The zero-order chi connectivity index (χ0) is 33.9. The van der Waals surface area contributed by atoms with Crippen LogP contribution in [0.3, 0.4) is 0 Å². The molecule has 0 heterocycles. The molecule has 6 rings (SSSR count). The van der Waals surface area contributed by atoms with Gasteiger partial charge in [-0.2, -0.15) is 0 Å². The largest absolute Gasteiger partial charge is 0.0807 e. The Morgan fingerprint density at radius 2 is 1.50 bits per heavy atom. The first kappa shape index (κ1) is 34.0. The summed E-state index contributed by atoms with van der Waals surface area (Å²) in [5.74, 6) is 2.50. The van der Waals surface area contributed by atoms with Crippen molar-refractivity contribution in [3.05, 3.63) is 147 Å². The van der Waals surface area contributed by atoms with Gasteiger partial charge in [0, 0.05) is 0 Å². The second kappa shape index (κ2) is 14.7. The van der Waals surface area contributed by atoms with Crippen molar-refractivity contribution in [3.63, 3.8) is 0 Å². The molecule has 248 valence electrons. The van der Waals surface area contributed by atoms with E-state index in [1.807, 2.05) is 0 Å². The van der Waals surface area contributed by atoms with Gasteiger partial charge in [0.15, 0.2) is 0 Å². The van der Waals surface area contributed by atoms with Crippen molar-refractivity contribution >= 4 is 16.7 Å². The number of benzene rings is 4. The zero-order valence-corrected chi connectivity index (χ0v) is 30.8. The van der Waals surface area contributed by atoms with Crippen LogP contribution in [0.4, 0.5) is 0 Å². The van der Waals surface area contributed by atoms with E-state index in [0.717, 1.165) is 19.3 Å². The lowest BCUT2D eigenvalue weighted by Crippen LogP contribution is -2.07. The Labute approximate surface area is 291 Å². The van der Waals surface area contributed by atoms with Crippen molar-refractivity contribution in [1.29, 1.82) is 0 Å². The maximum atomic E-state index is 2.50. The number of fused-ring (bicyclic) bond motifs is 3. The summed E-state index contributed by atoms with van der Waals surface area (Å²) in [6.07, 6.45) is 9.38. The quantitative estimate of drug-likeness (QED) is 0.146. The van der Waals surface area contributed by atoms with E-state index in [0.29, 0.717) is 23.7 Å². The van der Waals surface area contributed by atoms with Crippen LogP contribution in [0.2, 0.25) is 0 Å². The number of hydrogen-bond donors (Lipinski definition) is 0. The number of allylic oxidation sites excluding steroid dienone is 5. The van der Waals surface area contributed by atoms with Crippen LogP contribution >= 0.6 is 0 Å². The van der Waals surface area contributed by atoms with Gasteiger partial charge in [0.1, 0.15) is 0 Å². The standard InChI is InChI=1S/C48H56/c1-9-16-32(5)41-19-13-12-18-39(41)28-33(6)34(7)42-20-14-15-21-44(42)48-35(8)45-30-46(45)43-27-26-38(29-47(43)48)36-22-24-37(25-23-36)40(17-10-2)31(4)11-3/h12-15,17-27,29,31-32,45-46H,9-11,16,28,30H2,1-8H3/b34-33-,40-17+/t31-,32?,45?,46?/m1/s1. The van der Waals surface area contributed by atoms with Crippen LogP contribution in [0.5, 0.6) is 0 Å². The molecule has 0 aliphatic heterocycles. The molecule has 3 unspecified atom stereocenters. The van der Waals surface area contributed by atoms with E-state index >= 15 is 0 Å². The molecule has 4 atom stereocenters. The molecule has 0 radical (unpaired) electrons. The fourth-order valence-electron chi connectivity index (χ4n) is 8.39. The van der Waals surface area contributed by atoms with Crippen LogP contribution in [-0.4, -0.2) is 0 Å². The fourth-order valence-corrected chi connectivity index (χ4v) is 8.39. The third-order valence-electron chi connectivity index (χ3n) is 11.6. The molecule has 0 nitrogen and oxygen atoms in total. The van der Waals surface area contributed by atoms with Crippen molar-refractivity contribution in [3.8, 4) is 11.1 Å². The highest BCUT2D eigenvalue weighted by molar-refractivity contribution is 5.93. The van der Waals surface area contributed by atoms with Gasteiger partial charge in [0.25, 0.3) is 0 Å². The molecule has 0 aromatic heterocycles. The van der Waals surface area contributed by atoms with Gasteiger partial charge in [0.05, 0.1) is 0 Å². The Balaban J connectivity index is 1.38. The van der Waals surface area contributed by atoms with E-state index in [2.05, 4.69) is 152 Å².